The Bertz CT molecular complexity index is 700. The number of amides is 1. The molecular weight excluding hydrogens is 271 g/mol. The zero-order valence-electron chi connectivity index (χ0n) is 12.5. The van der Waals surface area contributed by atoms with Gasteiger partial charge in [0.05, 0.1) is 6.54 Å². The molecule has 3 rings (SSSR count). The summed E-state index contributed by atoms with van der Waals surface area (Å²) in [5.41, 5.74) is 2.48. The van der Waals surface area contributed by atoms with Crippen molar-refractivity contribution in [3.05, 3.63) is 35.3 Å². The maximum absolute atomic E-state index is 13.4. The van der Waals surface area contributed by atoms with Crippen molar-refractivity contribution in [2.24, 2.45) is 0 Å². The van der Waals surface area contributed by atoms with Gasteiger partial charge in [0.2, 0.25) is 0 Å². The molecule has 0 unspecified atom stereocenters. The molecule has 0 saturated heterocycles. The predicted molar refractivity (Wildman–Crippen MR) is 78.6 cm³/mol. The fourth-order valence-corrected chi connectivity index (χ4v) is 2.70. The van der Waals surface area contributed by atoms with Crippen LogP contribution in [0.1, 0.15) is 32.0 Å². The second-order valence-corrected chi connectivity index (χ2v) is 6.42. The van der Waals surface area contributed by atoms with Crippen LogP contribution in [0.2, 0.25) is 0 Å². The normalized spacial score (nSPS) is 15.1. The van der Waals surface area contributed by atoms with E-state index in [9.17, 15) is 9.18 Å². The zero-order chi connectivity index (χ0) is 15.2. The summed E-state index contributed by atoms with van der Waals surface area (Å²) >= 11 is 0. The molecule has 112 valence electrons. The van der Waals surface area contributed by atoms with Gasteiger partial charge in [-0.2, -0.15) is 0 Å². The van der Waals surface area contributed by atoms with Gasteiger partial charge in [0.1, 0.15) is 11.4 Å². The van der Waals surface area contributed by atoms with Crippen molar-refractivity contribution >= 4 is 17.0 Å². The second kappa shape index (κ2) is 4.76. The highest BCUT2D eigenvalue weighted by molar-refractivity contribution is 5.85. The number of fused-ring (bicyclic) bond motifs is 3. The number of H-pyrrole nitrogens is 1. The van der Waals surface area contributed by atoms with E-state index in [4.69, 9.17) is 4.74 Å². The predicted octanol–water partition coefficient (Wildman–Crippen LogP) is 3.60. The third kappa shape index (κ3) is 2.73. The molecule has 0 spiro atoms. The summed E-state index contributed by atoms with van der Waals surface area (Å²) in [5, 5.41) is 0.911. The molecule has 1 N–H and O–H groups in total. The largest absolute Gasteiger partial charge is 0.444 e. The van der Waals surface area contributed by atoms with E-state index in [0.717, 1.165) is 22.2 Å². The molecule has 1 amide bonds. The molecule has 21 heavy (non-hydrogen) atoms. The molecule has 0 radical (unpaired) electrons. The van der Waals surface area contributed by atoms with E-state index in [1.165, 1.54) is 6.07 Å². The minimum atomic E-state index is -0.499. The first kappa shape index (κ1) is 13.9. The number of aromatic nitrogens is 1. The quantitative estimate of drug-likeness (QED) is 0.805. The molecule has 5 heteroatoms. The lowest BCUT2D eigenvalue weighted by Crippen LogP contribution is -2.39. The van der Waals surface area contributed by atoms with E-state index in [1.807, 2.05) is 20.8 Å². The first-order valence-electron chi connectivity index (χ1n) is 7.10. The topological polar surface area (TPSA) is 45.3 Å². The van der Waals surface area contributed by atoms with Crippen LogP contribution in [0.15, 0.2) is 18.2 Å². The van der Waals surface area contributed by atoms with Gasteiger partial charge in [-0.05, 0) is 51.0 Å². The lowest BCUT2D eigenvalue weighted by Gasteiger charge is -2.30. The number of hydrogen-bond donors (Lipinski definition) is 1. The highest BCUT2D eigenvalue weighted by Gasteiger charge is 2.27. The fourth-order valence-electron chi connectivity index (χ4n) is 2.70. The van der Waals surface area contributed by atoms with Crippen LogP contribution in [0.25, 0.3) is 10.9 Å². The summed E-state index contributed by atoms with van der Waals surface area (Å²) in [7, 11) is 0. The number of benzene rings is 1. The molecule has 2 aromatic rings. The smallest absolute Gasteiger partial charge is 0.410 e. The Kier molecular flexibility index (Phi) is 3.15. The van der Waals surface area contributed by atoms with Crippen LogP contribution in [-0.4, -0.2) is 28.1 Å². The van der Waals surface area contributed by atoms with Crippen LogP contribution in [0.4, 0.5) is 9.18 Å². The number of carbonyl (C=O) groups excluding carboxylic acids is 1. The van der Waals surface area contributed by atoms with Crippen LogP contribution in [0, 0.1) is 5.82 Å². The number of halogens is 1. The van der Waals surface area contributed by atoms with Crippen molar-refractivity contribution < 1.29 is 13.9 Å². The zero-order valence-corrected chi connectivity index (χ0v) is 12.5. The van der Waals surface area contributed by atoms with Crippen molar-refractivity contribution in [2.75, 3.05) is 6.54 Å². The molecule has 0 saturated carbocycles. The Morgan fingerprint density at radius 3 is 2.86 bits per heavy atom. The molecule has 0 bridgehead atoms. The van der Waals surface area contributed by atoms with Gasteiger partial charge < -0.3 is 14.6 Å². The molecule has 1 aliphatic heterocycles. The van der Waals surface area contributed by atoms with Crippen LogP contribution in [-0.2, 0) is 17.7 Å². The summed E-state index contributed by atoms with van der Waals surface area (Å²) in [4.78, 5) is 17.1. The van der Waals surface area contributed by atoms with E-state index in [0.29, 0.717) is 19.5 Å². The molecule has 4 nitrogen and oxygen atoms in total. The van der Waals surface area contributed by atoms with Crippen molar-refractivity contribution in [1.29, 1.82) is 0 Å². The van der Waals surface area contributed by atoms with Crippen molar-refractivity contribution in [1.82, 2.24) is 9.88 Å². The summed E-state index contributed by atoms with van der Waals surface area (Å²) in [6.45, 7) is 6.62. The number of nitrogens with zero attached hydrogens (tertiary/aromatic N) is 1. The molecule has 1 aromatic heterocycles. The molecule has 0 fully saturated rings. The number of carbonyl (C=O) groups is 1. The van der Waals surface area contributed by atoms with E-state index >= 15 is 0 Å². The molecule has 0 atom stereocenters. The van der Waals surface area contributed by atoms with Gasteiger partial charge in [-0.3, -0.25) is 0 Å². The second-order valence-electron chi connectivity index (χ2n) is 6.42. The number of rotatable bonds is 0. The molecule has 1 aliphatic rings. The summed E-state index contributed by atoms with van der Waals surface area (Å²) < 4.78 is 18.8. The number of aromatic amines is 1. The van der Waals surface area contributed by atoms with Gasteiger partial charge in [0, 0.05) is 23.1 Å². The first-order chi connectivity index (χ1) is 9.83. The average Bonchev–Trinajstić information content (AvgIpc) is 2.73. The Labute approximate surface area is 122 Å². The van der Waals surface area contributed by atoms with Gasteiger partial charge >= 0.3 is 6.09 Å². The molecule has 0 aliphatic carbocycles. The van der Waals surface area contributed by atoms with E-state index in [2.05, 4.69) is 4.98 Å². The fraction of sp³-hybridized carbons (Fsp3) is 0.438. The van der Waals surface area contributed by atoms with Gasteiger partial charge in [0.25, 0.3) is 0 Å². The third-order valence-electron chi connectivity index (χ3n) is 3.59. The Morgan fingerprint density at radius 1 is 1.38 bits per heavy atom. The standard InChI is InChI=1S/C16H19FN2O2/c1-16(2,3)21-15(20)19-7-6-11-12-8-10(17)4-5-13(12)18-14(11)9-19/h4-5,8,18H,6-7,9H2,1-3H3. The van der Waals surface area contributed by atoms with Crippen LogP contribution < -0.4 is 0 Å². The maximum Gasteiger partial charge on any atom is 0.410 e. The minimum Gasteiger partial charge on any atom is -0.444 e. The maximum atomic E-state index is 13.4. The number of hydrogen-bond acceptors (Lipinski definition) is 2. The monoisotopic (exact) mass is 290 g/mol. The van der Waals surface area contributed by atoms with E-state index in [-0.39, 0.29) is 11.9 Å². The SMILES string of the molecule is CC(C)(C)OC(=O)N1CCc2c([nH]c3ccc(F)cc23)C1. The number of nitrogens with one attached hydrogen (secondary N) is 1. The van der Waals surface area contributed by atoms with Gasteiger partial charge in [-0.15, -0.1) is 0 Å². The van der Waals surface area contributed by atoms with Crippen molar-refractivity contribution in [3.8, 4) is 0 Å². The van der Waals surface area contributed by atoms with E-state index in [1.54, 1.807) is 17.0 Å². The average molecular weight is 290 g/mol. The van der Waals surface area contributed by atoms with Gasteiger partial charge in [0.15, 0.2) is 0 Å². The Balaban J connectivity index is 1.86. The van der Waals surface area contributed by atoms with Crippen molar-refractivity contribution in [2.45, 2.75) is 39.3 Å². The minimum absolute atomic E-state index is 0.237. The summed E-state index contributed by atoms with van der Waals surface area (Å²) in [6.07, 6.45) is 0.399. The van der Waals surface area contributed by atoms with Crippen LogP contribution in [0.5, 0.6) is 0 Å². The first-order valence-corrected chi connectivity index (χ1v) is 7.10. The Morgan fingerprint density at radius 2 is 2.14 bits per heavy atom. The van der Waals surface area contributed by atoms with Gasteiger partial charge in [-0.1, -0.05) is 0 Å². The molecular formula is C16H19FN2O2. The van der Waals surface area contributed by atoms with Crippen LogP contribution >= 0.6 is 0 Å². The lowest BCUT2D eigenvalue weighted by atomic mass is 10.0. The summed E-state index contributed by atoms with van der Waals surface area (Å²) in [6, 6.07) is 4.73. The van der Waals surface area contributed by atoms with Gasteiger partial charge in [-0.25, -0.2) is 9.18 Å². The van der Waals surface area contributed by atoms with E-state index < -0.39 is 5.60 Å². The molecule has 1 aromatic carbocycles. The number of ether oxygens (including phenoxy) is 1. The highest BCUT2D eigenvalue weighted by atomic mass is 19.1. The Hall–Kier alpha value is -2.04. The van der Waals surface area contributed by atoms with Crippen LogP contribution in [0.3, 0.4) is 0 Å². The summed E-state index contributed by atoms with van der Waals surface area (Å²) in [5.74, 6) is -0.237. The third-order valence-corrected chi connectivity index (χ3v) is 3.59. The molecule has 2 heterocycles. The lowest BCUT2D eigenvalue weighted by molar-refractivity contribution is 0.0222. The highest BCUT2D eigenvalue weighted by Crippen LogP contribution is 2.28. The van der Waals surface area contributed by atoms with Crippen molar-refractivity contribution in [3.63, 3.8) is 0 Å².